The Labute approximate surface area is 218 Å². The van der Waals surface area contributed by atoms with Crippen LogP contribution in [0.3, 0.4) is 0 Å². The first kappa shape index (κ1) is 26.0. The van der Waals surface area contributed by atoms with E-state index in [2.05, 4.69) is 20.8 Å². The highest BCUT2D eigenvalue weighted by Gasteiger charge is 2.47. The number of Topliss-reactive ketones (excluding diaryl/α,β-unsaturated/α-hetero) is 1. The third kappa shape index (κ3) is 4.71. The summed E-state index contributed by atoms with van der Waals surface area (Å²) in [7, 11) is 5.41. The van der Waals surface area contributed by atoms with Crippen molar-refractivity contribution in [2.24, 2.45) is 0 Å². The lowest BCUT2D eigenvalue weighted by atomic mass is 9.85. The molecule has 3 aromatic rings. The molecule has 37 heavy (non-hydrogen) atoms. The Balaban J connectivity index is 2.00. The number of aliphatic hydroxyl groups excluding tert-OH is 1. The number of carbonyl (C=O) groups is 2. The molecule has 1 aliphatic heterocycles. The second kappa shape index (κ2) is 9.77. The van der Waals surface area contributed by atoms with Crippen LogP contribution in [0.4, 0.5) is 11.4 Å². The summed E-state index contributed by atoms with van der Waals surface area (Å²) in [6.07, 6.45) is 0. The second-order valence-electron chi connectivity index (χ2n) is 10.6. The topological polar surface area (TPSA) is 70.1 Å². The second-order valence-corrected chi connectivity index (χ2v) is 10.6. The van der Waals surface area contributed by atoms with Crippen molar-refractivity contribution in [3.05, 3.63) is 94.6 Å². The van der Waals surface area contributed by atoms with Gasteiger partial charge in [0, 0.05) is 25.5 Å². The van der Waals surface area contributed by atoms with E-state index in [1.165, 1.54) is 12.0 Å². The lowest BCUT2D eigenvalue weighted by Gasteiger charge is -2.27. The van der Waals surface area contributed by atoms with Crippen LogP contribution in [-0.2, 0) is 15.0 Å². The minimum atomic E-state index is -0.805. The van der Waals surface area contributed by atoms with Crippen LogP contribution in [0.2, 0.25) is 0 Å². The normalized spacial score (nSPS) is 17.3. The van der Waals surface area contributed by atoms with E-state index in [1.54, 1.807) is 6.07 Å². The summed E-state index contributed by atoms with van der Waals surface area (Å²) in [5.74, 6) is -1.23. The molecule has 0 bridgehead atoms. The van der Waals surface area contributed by atoms with Crippen molar-refractivity contribution in [2.75, 3.05) is 31.0 Å². The lowest BCUT2D eigenvalue weighted by molar-refractivity contribution is -0.132. The van der Waals surface area contributed by atoms with Gasteiger partial charge in [-0.25, -0.2) is 0 Å². The molecule has 6 nitrogen and oxygen atoms in total. The van der Waals surface area contributed by atoms with Gasteiger partial charge in [-0.3, -0.25) is 14.5 Å². The summed E-state index contributed by atoms with van der Waals surface area (Å²) in [6, 6.07) is 19.9. The molecule has 4 rings (SSSR count). The van der Waals surface area contributed by atoms with Crippen molar-refractivity contribution in [3.63, 3.8) is 0 Å². The van der Waals surface area contributed by atoms with Gasteiger partial charge >= 0.3 is 0 Å². The maximum absolute atomic E-state index is 13.6. The standard InChI is InChI=1S/C31H34N2O4/c1-19-10-8-9-11-24(19)33-27(20-12-15-22(16-13-20)32(5)6)26(29(35)30(33)36)28(34)23-18-21(31(2,3)4)14-17-25(23)37-7/h8-18,27,34H,1-7H3/b28-26+. The van der Waals surface area contributed by atoms with Gasteiger partial charge in [0.05, 0.1) is 24.3 Å². The smallest absolute Gasteiger partial charge is 0.300 e. The van der Waals surface area contributed by atoms with E-state index in [9.17, 15) is 14.7 Å². The molecular formula is C31H34N2O4. The fraction of sp³-hybridized carbons (Fsp3) is 0.290. The maximum atomic E-state index is 13.6. The molecule has 0 aliphatic carbocycles. The fourth-order valence-corrected chi connectivity index (χ4v) is 4.69. The number of ether oxygens (including phenoxy) is 1. The molecule has 1 amide bonds. The molecular weight excluding hydrogens is 464 g/mol. The first-order valence-electron chi connectivity index (χ1n) is 12.3. The largest absolute Gasteiger partial charge is 0.507 e. The van der Waals surface area contributed by atoms with Gasteiger partial charge < -0.3 is 14.7 Å². The van der Waals surface area contributed by atoms with Crippen LogP contribution in [0.15, 0.2) is 72.3 Å². The number of methoxy groups -OCH3 is 1. The third-order valence-electron chi connectivity index (χ3n) is 6.87. The minimum Gasteiger partial charge on any atom is -0.507 e. The van der Waals surface area contributed by atoms with Gasteiger partial charge in [-0.2, -0.15) is 0 Å². The number of aliphatic hydroxyl groups is 1. The lowest BCUT2D eigenvalue weighted by Crippen LogP contribution is -2.30. The van der Waals surface area contributed by atoms with Crippen LogP contribution in [0.25, 0.3) is 5.76 Å². The van der Waals surface area contributed by atoms with E-state index in [0.717, 1.165) is 22.4 Å². The monoisotopic (exact) mass is 498 g/mol. The van der Waals surface area contributed by atoms with Crippen LogP contribution in [0.1, 0.15) is 49.1 Å². The first-order chi connectivity index (χ1) is 17.5. The summed E-state index contributed by atoms with van der Waals surface area (Å²) in [6.45, 7) is 8.11. The average Bonchev–Trinajstić information content (AvgIpc) is 3.13. The highest BCUT2D eigenvalue weighted by molar-refractivity contribution is 6.51. The van der Waals surface area contributed by atoms with E-state index in [0.29, 0.717) is 17.0 Å². The Hall–Kier alpha value is -4.06. The van der Waals surface area contributed by atoms with Gasteiger partial charge in [0.15, 0.2) is 0 Å². The van der Waals surface area contributed by atoms with Gasteiger partial charge in [0.25, 0.3) is 11.7 Å². The maximum Gasteiger partial charge on any atom is 0.300 e. The number of carbonyl (C=O) groups excluding carboxylic acids is 2. The van der Waals surface area contributed by atoms with Gasteiger partial charge in [0.2, 0.25) is 0 Å². The Bertz CT molecular complexity index is 1380. The SMILES string of the molecule is COc1ccc(C(C)(C)C)cc1/C(O)=C1\C(=O)C(=O)N(c2ccccc2C)C1c1ccc(N(C)C)cc1. The van der Waals surface area contributed by atoms with Crippen molar-refractivity contribution in [2.45, 2.75) is 39.2 Å². The molecule has 1 N–H and O–H groups in total. The summed E-state index contributed by atoms with van der Waals surface area (Å²) in [5, 5.41) is 11.7. The molecule has 1 aliphatic rings. The van der Waals surface area contributed by atoms with Crippen LogP contribution in [0, 0.1) is 6.92 Å². The molecule has 1 saturated heterocycles. The highest BCUT2D eigenvalue weighted by Crippen LogP contribution is 2.44. The van der Waals surface area contributed by atoms with Crippen molar-refractivity contribution in [1.29, 1.82) is 0 Å². The highest BCUT2D eigenvalue weighted by atomic mass is 16.5. The number of para-hydroxylation sites is 1. The summed E-state index contributed by atoms with van der Waals surface area (Å²) in [5.41, 5.74) is 4.37. The number of ketones is 1. The van der Waals surface area contributed by atoms with Gasteiger partial charge in [-0.1, -0.05) is 57.2 Å². The number of anilines is 2. The van der Waals surface area contributed by atoms with Gasteiger partial charge in [-0.15, -0.1) is 0 Å². The molecule has 0 radical (unpaired) electrons. The molecule has 1 heterocycles. The van der Waals surface area contributed by atoms with Crippen LogP contribution in [0.5, 0.6) is 5.75 Å². The molecule has 0 aromatic heterocycles. The fourth-order valence-electron chi connectivity index (χ4n) is 4.69. The van der Waals surface area contributed by atoms with E-state index < -0.39 is 17.7 Å². The molecule has 1 unspecified atom stereocenters. The molecule has 1 atom stereocenters. The number of nitrogens with zero attached hydrogens (tertiary/aromatic N) is 2. The zero-order valence-corrected chi connectivity index (χ0v) is 22.5. The summed E-state index contributed by atoms with van der Waals surface area (Å²) >= 11 is 0. The minimum absolute atomic E-state index is 0.0372. The zero-order valence-electron chi connectivity index (χ0n) is 22.5. The number of amides is 1. The van der Waals surface area contributed by atoms with E-state index in [-0.39, 0.29) is 16.7 Å². The predicted octanol–water partition coefficient (Wildman–Crippen LogP) is 5.99. The molecule has 0 saturated carbocycles. The number of hydrogen-bond donors (Lipinski definition) is 1. The molecule has 6 heteroatoms. The van der Waals surface area contributed by atoms with E-state index >= 15 is 0 Å². The van der Waals surface area contributed by atoms with Crippen molar-refractivity contribution in [3.8, 4) is 5.75 Å². The Morgan fingerprint density at radius 1 is 0.973 bits per heavy atom. The number of benzene rings is 3. The van der Waals surface area contributed by atoms with Crippen LogP contribution >= 0.6 is 0 Å². The molecule has 3 aromatic carbocycles. The van der Waals surface area contributed by atoms with Gasteiger partial charge in [-0.05, 0) is 59.4 Å². The number of rotatable bonds is 5. The molecule has 0 spiro atoms. The molecule has 192 valence electrons. The Morgan fingerprint density at radius 3 is 2.19 bits per heavy atom. The van der Waals surface area contributed by atoms with Crippen LogP contribution in [-0.4, -0.2) is 38.0 Å². The summed E-state index contributed by atoms with van der Waals surface area (Å²) < 4.78 is 5.56. The van der Waals surface area contributed by atoms with E-state index in [1.807, 2.05) is 86.6 Å². The zero-order chi connectivity index (χ0) is 27.1. The average molecular weight is 499 g/mol. The van der Waals surface area contributed by atoms with Gasteiger partial charge in [0.1, 0.15) is 11.5 Å². The first-order valence-corrected chi connectivity index (χ1v) is 12.3. The number of aryl methyl sites for hydroxylation is 1. The predicted molar refractivity (Wildman–Crippen MR) is 148 cm³/mol. The van der Waals surface area contributed by atoms with Crippen molar-refractivity contribution >= 4 is 28.8 Å². The Morgan fingerprint density at radius 2 is 1.62 bits per heavy atom. The number of hydrogen-bond acceptors (Lipinski definition) is 5. The molecule has 1 fully saturated rings. The van der Waals surface area contributed by atoms with Crippen molar-refractivity contribution in [1.82, 2.24) is 0 Å². The van der Waals surface area contributed by atoms with Crippen LogP contribution < -0.4 is 14.5 Å². The third-order valence-corrected chi connectivity index (χ3v) is 6.87. The van der Waals surface area contributed by atoms with Crippen molar-refractivity contribution < 1.29 is 19.4 Å². The van der Waals surface area contributed by atoms with E-state index in [4.69, 9.17) is 4.74 Å². The quantitative estimate of drug-likeness (QED) is 0.266. The summed E-state index contributed by atoms with van der Waals surface area (Å²) in [4.78, 5) is 30.6. The Kier molecular flexibility index (Phi) is 6.87.